The third kappa shape index (κ3) is 3.53. The summed E-state index contributed by atoms with van der Waals surface area (Å²) in [5.41, 5.74) is 1.67. The third-order valence-corrected chi connectivity index (χ3v) is 5.10. The first-order chi connectivity index (χ1) is 9.32. The van der Waals surface area contributed by atoms with Crippen LogP contribution in [-0.4, -0.2) is 36.1 Å². The van der Waals surface area contributed by atoms with Crippen LogP contribution in [0.25, 0.3) is 0 Å². The summed E-state index contributed by atoms with van der Waals surface area (Å²) in [6.45, 7) is 11.9. The second-order valence-electron chi connectivity index (χ2n) is 7.47. The van der Waals surface area contributed by atoms with Crippen molar-refractivity contribution in [1.82, 2.24) is 5.32 Å². The molecule has 4 heteroatoms. The minimum Gasteiger partial charge on any atom is -0.393 e. The maximum Gasteiger partial charge on any atom is 0.144 e. The van der Waals surface area contributed by atoms with Crippen molar-refractivity contribution in [3.05, 3.63) is 0 Å². The second kappa shape index (κ2) is 6.02. The Morgan fingerprint density at radius 1 is 1.40 bits per heavy atom. The molecule has 4 atom stereocenters. The molecule has 0 aromatic carbocycles. The maximum absolute atomic E-state index is 9.78. The molecular weight excluding hydrogens is 252 g/mol. The van der Waals surface area contributed by atoms with Crippen LogP contribution < -0.4 is 5.32 Å². The first kappa shape index (κ1) is 15.8. The molecule has 0 spiro atoms. The highest BCUT2D eigenvalue weighted by Gasteiger charge is 2.60. The fourth-order valence-corrected chi connectivity index (χ4v) is 3.44. The largest absolute Gasteiger partial charge is 0.393 e. The summed E-state index contributed by atoms with van der Waals surface area (Å²) in [5, 5.41) is 17.3. The van der Waals surface area contributed by atoms with Crippen molar-refractivity contribution >= 4 is 5.71 Å². The van der Waals surface area contributed by atoms with Crippen LogP contribution in [0.3, 0.4) is 0 Å². The van der Waals surface area contributed by atoms with E-state index in [0.717, 1.165) is 18.3 Å². The van der Waals surface area contributed by atoms with Gasteiger partial charge in [0.05, 0.1) is 5.71 Å². The highest BCUT2D eigenvalue weighted by Crippen LogP contribution is 2.65. The molecule has 2 rings (SSSR count). The molecule has 4 nitrogen and oxygen atoms in total. The van der Waals surface area contributed by atoms with Gasteiger partial charge in [-0.15, -0.1) is 0 Å². The lowest BCUT2D eigenvalue weighted by atomic mass is 9.89. The van der Waals surface area contributed by atoms with E-state index in [9.17, 15) is 5.11 Å². The Morgan fingerprint density at radius 2 is 2.10 bits per heavy atom. The van der Waals surface area contributed by atoms with Crippen molar-refractivity contribution in [2.75, 3.05) is 13.2 Å². The molecule has 2 aliphatic carbocycles. The standard InChI is InChI=1S/C16H30N2O2/c1-10(2)17-8-12(19)9-20-18-15-7-14-13(6-11(15)3)16(14,4)5/h10-14,17,19H,6-9H2,1-5H3/b18-15-. The van der Waals surface area contributed by atoms with Gasteiger partial charge in [0.2, 0.25) is 0 Å². The Hall–Kier alpha value is -0.610. The molecule has 0 radical (unpaired) electrons. The molecule has 4 unspecified atom stereocenters. The van der Waals surface area contributed by atoms with Gasteiger partial charge in [0, 0.05) is 12.6 Å². The SMILES string of the molecule is CC(C)NCC(O)CO/N=C1/CC2C(CC1C)C2(C)C. The molecule has 0 bridgehead atoms. The molecule has 2 fully saturated rings. The van der Waals surface area contributed by atoms with Crippen LogP contribution in [0.5, 0.6) is 0 Å². The Labute approximate surface area is 123 Å². The van der Waals surface area contributed by atoms with Crippen LogP contribution in [0.4, 0.5) is 0 Å². The first-order valence-electron chi connectivity index (χ1n) is 7.92. The maximum atomic E-state index is 9.78. The molecule has 2 N–H and O–H groups in total. The van der Waals surface area contributed by atoms with E-state index in [0.29, 0.717) is 23.9 Å². The van der Waals surface area contributed by atoms with Gasteiger partial charge in [0.1, 0.15) is 12.7 Å². The average molecular weight is 282 g/mol. The van der Waals surface area contributed by atoms with Crippen molar-refractivity contribution in [3.8, 4) is 0 Å². The van der Waals surface area contributed by atoms with Gasteiger partial charge in [-0.05, 0) is 36.0 Å². The van der Waals surface area contributed by atoms with Gasteiger partial charge in [-0.3, -0.25) is 0 Å². The van der Waals surface area contributed by atoms with Gasteiger partial charge in [-0.25, -0.2) is 0 Å². The number of hydrogen-bond acceptors (Lipinski definition) is 4. The number of oxime groups is 1. The van der Waals surface area contributed by atoms with Crippen molar-refractivity contribution in [2.45, 2.75) is 59.6 Å². The zero-order valence-electron chi connectivity index (χ0n) is 13.5. The highest BCUT2D eigenvalue weighted by atomic mass is 16.6. The molecular formula is C16H30N2O2. The zero-order chi connectivity index (χ0) is 14.9. The molecule has 2 aliphatic rings. The van der Waals surface area contributed by atoms with Crippen molar-refractivity contribution in [3.63, 3.8) is 0 Å². The summed E-state index contributed by atoms with van der Waals surface area (Å²) >= 11 is 0. The Morgan fingerprint density at radius 3 is 2.75 bits per heavy atom. The summed E-state index contributed by atoms with van der Waals surface area (Å²) in [6.07, 6.45) is 1.81. The average Bonchev–Trinajstić information content (AvgIpc) is 2.88. The Balaban J connectivity index is 1.74. The van der Waals surface area contributed by atoms with Gasteiger partial charge >= 0.3 is 0 Å². The van der Waals surface area contributed by atoms with Crippen LogP contribution in [-0.2, 0) is 4.84 Å². The Bertz CT molecular complexity index is 365. The van der Waals surface area contributed by atoms with E-state index in [-0.39, 0.29) is 6.61 Å². The number of fused-ring (bicyclic) bond motifs is 1. The number of hydrogen-bond donors (Lipinski definition) is 2. The Kier molecular flexibility index (Phi) is 4.75. The number of aliphatic hydroxyl groups excluding tert-OH is 1. The molecule has 0 heterocycles. The lowest BCUT2D eigenvalue weighted by molar-refractivity contribution is 0.0382. The van der Waals surface area contributed by atoms with E-state index in [2.05, 4.69) is 45.1 Å². The molecule has 0 saturated heterocycles. The van der Waals surface area contributed by atoms with E-state index in [1.54, 1.807) is 0 Å². The van der Waals surface area contributed by atoms with Gasteiger partial charge in [-0.1, -0.05) is 39.8 Å². The van der Waals surface area contributed by atoms with Gasteiger partial charge in [-0.2, -0.15) is 0 Å². The summed E-state index contributed by atoms with van der Waals surface area (Å²) in [6, 6.07) is 0.378. The van der Waals surface area contributed by atoms with Gasteiger partial charge in [0.25, 0.3) is 0 Å². The van der Waals surface area contributed by atoms with Crippen LogP contribution in [0.15, 0.2) is 5.16 Å². The molecule has 0 aromatic rings. The van der Waals surface area contributed by atoms with Crippen molar-refractivity contribution < 1.29 is 9.94 Å². The summed E-state index contributed by atoms with van der Waals surface area (Å²) in [5.74, 6) is 2.18. The third-order valence-electron chi connectivity index (χ3n) is 5.10. The number of nitrogens with one attached hydrogen (secondary N) is 1. The second-order valence-corrected chi connectivity index (χ2v) is 7.47. The zero-order valence-corrected chi connectivity index (χ0v) is 13.5. The van der Waals surface area contributed by atoms with Gasteiger partial charge < -0.3 is 15.3 Å². The van der Waals surface area contributed by atoms with Crippen LogP contribution >= 0.6 is 0 Å². The number of nitrogens with zero attached hydrogens (tertiary/aromatic N) is 1. The van der Waals surface area contributed by atoms with E-state index in [4.69, 9.17) is 4.84 Å². The molecule has 2 saturated carbocycles. The van der Waals surface area contributed by atoms with Crippen LogP contribution in [0, 0.1) is 23.2 Å². The normalized spacial score (nSPS) is 35.0. The number of rotatable bonds is 6. The van der Waals surface area contributed by atoms with E-state index < -0.39 is 6.10 Å². The van der Waals surface area contributed by atoms with Crippen LogP contribution in [0.1, 0.15) is 47.5 Å². The monoisotopic (exact) mass is 282 g/mol. The molecule has 0 aromatic heterocycles. The van der Waals surface area contributed by atoms with E-state index in [1.165, 1.54) is 12.1 Å². The molecule has 0 amide bonds. The fourth-order valence-electron chi connectivity index (χ4n) is 3.44. The lowest BCUT2D eigenvalue weighted by Gasteiger charge is -2.19. The first-order valence-corrected chi connectivity index (χ1v) is 7.92. The molecule has 116 valence electrons. The predicted octanol–water partition coefficient (Wildman–Crippen LogP) is 2.42. The van der Waals surface area contributed by atoms with Crippen molar-refractivity contribution in [1.29, 1.82) is 0 Å². The highest BCUT2D eigenvalue weighted by molar-refractivity contribution is 5.87. The smallest absolute Gasteiger partial charge is 0.144 e. The van der Waals surface area contributed by atoms with E-state index >= 15 is 0 Å². The number of aliphatic hydroxyl groups is 1. The minimum absolute atomic E-state index is 0.271. The molecule has 20 heavy (non-hydrogen) atoms. The summed E-state index contributed by atoms with van der Waals surface area (Å²) in [4.78, 5) is 5.37. The lowest BCUT2D eigenvalue weighted by Crippen LogP contribution is -2.34. The van der Waals surface area contributed by atoms with Crippen LogP contribution in [0.2, 0.25) is 0 Å². The van der Waals surface area contributed by atoms with E-state index in [1.807, 2.05) is 0 Å². The quantitative estimate of drug-likeness (QED) is 0.736. The van der Waals surface area contributed by atoms with Gasteiger partial charge in [0.15, 0.2) is 0 Å². The topological polar surface area (TPSA) is 53.8 Å². The molecule has 0 aliphatic heterocycles. The predicted molar refractivity (Wildman–Crippen MR) is 81.7 cm³/mol. The summed E-state index contributed by atoms with van der Waals surface area (Å²) in [7, 11) is 0. The minimum atomic E-state index is -0.495. The van der Waals surface area contributed by atoms with Crippen molar-refractivity contribution in [2.24, 2.45) is 28.3 Å². The fraction of sp³-hybridized carbons (Fsp3) is 0.938. The summed E-state index contributed by atoms with van der Waals surface area (Å²) < 4.78 is 0.